The Hall–Kier alpha value is -3.66. The SMILES string of the molecule is O=[N+]([O-])c1ccc(N2CCC(NCC/C(=N\O)c3ccc4ccccc4c3)C2)c(C(F)(F)F)c1. The summed E-state index contributed by atoms with van der Waals surface area (Å²) in [6.07, 6.45) is -3.63. The summed E-state index contributed by atoms with van der Waals surface area (Å²) in [6.45, 7) is 1.21. The smallest absolute Gasteiger partial charge is 0.411 e. The average Bonchev–Trinajstić information content (AvgIpc) is 3.29. The summed E-state index contributed by atoms with van der Waals surface area (Å²) in [5.74, 6) is 0. The van der Waals surface area contributed by atoms with Gasteiger partial charge >= 0.3 is 6.18 Å². The highest BCUT2D eigenvalue weighted by atomic mass is 19.4. The van der Waals surface area contributed by atoms with Gasteiger partial charge in [-0.3, -0.25) is 10.1 Å². The van der Waals surface area contributed by atoms with Crippen molar-refractivity contribution in [2.75, 3.05) is 24.5 Å². The minimum Gasteiger partial charge on any atom is -0.411 e. The number of fused-ring (bicyclic) bond motifs is 1. The molecule has 34 heavy (non-hydrogen) atoms. The fraction of sp³-hybridized carbons (Fsp3) is 0.292. The van der Waals surface area contributed by atoms with Crippen molar-refractivity contribution in [3.63, 3.8) is 0 Å². The molecule has 3 aromatic carbocycles. The minimum absolute atomic E-state index is 0.0591. The number of nitro benzene ring substituents is 1. The number of non-ortho nitro benzene ring substituents is 1. The van der Waals surface area contributed by atoms with E-state index >= 15 is 0 Å². The number of rotatable bonds is 7. The largest absolute Gasteiger partial charge is 0.418 e. The first-order chi connectivity index (χ1) is 16.3. The molecule has 1 atom stereocenters. The molecule has 1 fully saturated rings. The van der Waals surface area contributed by atoms with Crippen molar-refractivity contribution in [2.24, 2.45) is 5.16 Å². The van der Waals surface area contributed by atoms with E-state index in [2.05, 4.69) is 10.5 Å². The van der Waals surface area contributed by atoms with E-state index in [1.807, 2.05) is 42.5 Å². The molecule has 4 rings (SSSR count). The Morgan fingerprint density at radius 1 is 1.15 bits per heavy atom. The Balaban J connectivity index is 1.38. The van der Waals surface area contributed by atoms with Crippen LogP contribution < -0.4 is 10.2 Å². The van der Waals surface area contributed by atoms with Gasteiger partial charge in [-0.15, -0.1) is 0 Å². The number of anilines is 1. The van der Waals surface area contributed by atoms with Gasteiger partial charge in [0.05, 0.1) is 16.2 Å². The number of oxime groups is 1. The van der Waals surface area contributed by atoms with Gasteiger partial charge in [0.15, 0.2) is 0 Å². The third-order valence-corrected chi connectivity index (χ3v) is 6.02. The van der Waals surface area contributed by atoms with Crippen LogP contribution in [0.25, 0.3) is 10.8 Å². The van der Waals surface area contributed by atoms with Crippen molar-refractivity contribution < 1.29 is 23.3 Å². The van der Waals surface area contributed by atoms with Crippen molar-refractivity contribution in [3.8, 4) is 0 Å². The predicted octanol–water partition coefficient (Wildman–Crippen LogP) is 5.20. The van der Waals surface area contributed by atoms with E-state index in [1.165, 1.54) is 6.07 Å². The van der Waals surface area contributed by atoms with Crippen LogP contribution in [0.5, 0.6) is 0 Å². The zero-order valence-electron chi connectivity index (χ0n) is 18.1. The summed E-state index contributed by atoms with van der Waals surface area (Å²) >= 11 is 0. The standard InChI is InChI=1S/C24H23F3N4O3/c25-24(26,27)21-14-20(31(33)34)7-8-23(21)30-12-10-19(15-30)28-11-9-22(29-32)18-6-5-16-3-1-2-4-17(16)13-18/h1-8,13-14,19,28,32H,9-12,15H2/b29-22+. The van der Waals surface area contributed by atoms with E-state index in [9.17, 15) is 28.5 Å². The third kappa shape index (κ3) is 5.12. The molecule has 3 aromatic rings. The van der Waals surface area contributed by atoms with Crippen LogP contribution in [0, 0.1) is 10.1 Å². The van der Waals surface area contributed by atoms with Crippen molar-refractivity contribution in [3.05, 3.63) is 81.9 Å². The third-order valence-electron chi connectivity index (χ3n) is 6.02. The van der Waals surface area contributed by atoms with Crippen LogP contribution in [-0.2, 0) is 6.18 Å². The zero-order valence-corrected chi connectivity index (χ0v) is 18.1. The van der Waals surface area contributed by atoms with E-state index in [-0.39, 0.29) is 11.7 Å². The van der Waals surface area contributed by atoms with Crippen LogP contribution in [0.2, 0.25) is 0 Å². The summed E-state index contributed by atoms with van der Waals surface area (Å²) in [6, 6.07) is 16.5. The van der Waals surface area contributed by atoms with Gasteiger partial charge in [0, 0.05) is 49.9 Å². The lowest BCUT2D eigenvalue weighted by Crippen LogP contribution is -2.34. The monoisotopic (exact) mass is 472 g/mol. The molecular formula is C24H23F3N4O3. The lowest BCUT2D eigenvalue weighted by Gasteiger charge is -2.23. The highest BCUT2D eigenvalue weighted by Crippen LogP contribution is 2.39. The van der Waals surface area contributed by atoms with E-state index in [1.54, 1.807) is 4.90 Å². The Morgan fingerprint density at radius 3 is 2.62 bits per heavy atom. The van der Waals surface area contributed by atoms with Crippen LogP contribution in [0.1, 0.15) is 24.0 Å². The molecule has 1 heterocycles. The van der Waals surface area contributed by atoms with Crippen molar-refractivity contribution in [2.45, 2.75) is 25.1 Å². The first-order valence-electron chi connectivity index (χ1n) is 10.8. The highest BCUT2D eigenvalue weighted by molar-refractivity contribution is 6.03. The van der Waals surface area contributed by atoms with Crippen LogP contribution in [0.4, 0.5) is 24.5 Å². The topological polar surface area (TPSA) is 91.0 Å². The van der Waals surface area contributed by atoms with Crippen LogP contribution in [0.15, 0.2) is 65.8 Å². The zero-order chi connectivity index (χ0) is 24.3. The molecule has 0 saturated carbocycles. The second-order valence-electron chi connectivity index (χ2n) is 8.20. The predicted molar refractivity (Wildman–Crippen MR) is 124 cm³/mol. The van der Waals surface area contributed by atoms with Crippen LogP contribution >= 0.6 is 0 Å². The molecule has 0 aliphatic carbocycles. The van der Waals surface area contributed by atoms with Gasteiger partial charge in [-0.1, -0.05) is 41.6 Å². The average molecular weight is 472 g/mol. The number of benzene rings is 3. The van der Waals surface area contributed by atoms with Crippen molar-refractivity contribution in [1.29, 1.82) is 0 Å². The van der Waals surface area contributed by atoms with Gasteiger partial charge in [0.2, 0.25) is 0 Å². The summed E-state index contributed by atoms with van der Waals surface area (Å²) in [7, 11) is 0. The summed E-state index contributed by atoms with van der Waals surface area (Å²) < 4.78 is 40.6. The maximum absolute atomic E-state index is 13.5. The molecule has 1 unspecified atom stereocenters. The van der Waals surface area contributed by atoms with Gasteiger partial charge in [0.25, 0.3) is 5.69 Å². The summed E-state index contributed by atoms with van der Waals surface area (Å²) in [5.41, 5.74) is -0.335. The molecule has 0 amide bonds. The normalized spacial score (nSPS) is 16.9. The molecule has 0 aromatic heterocycles. The number of alkyl halides is 3. The van der Waals surface area contributed by atoms with E-state index in [0.29, 0.717) is 44.3 Å². The van der Waals surface area contributed by atoms with Gasteiger partial charge in [0.1, 0.15) is 0 Å². The van der Waals surface area contributed by atoms with Gasteiger partial charge < -0.3 is 15.4 Å². The Labute approximate surface area is 193 Å². The van der Waals surface area contributed by atoms with E-state index in [0.717, 1.165) is 22.4 Å². The first-order valence-corrected chi connectivity index (χ1v) is 10.8. The molecule has 2 N–H and O–H groups in total. The molecule has 178 valence electrons. The second-order valence-corrected chi connectivity index (χ2v) is 8.20. The second kappa shape index (κ2) is 9.68. The maximum atomic E-state index is 13.5. The Morgan fingerprint density at radius 2 is 1.91 bits per heavy atom. The summed E-state index contributed by atoms with van der Waals surface area (Å²) in [5, 5.41) is 29.3. The number of halogens is 3. The molecular weight excluding hydrogens is 449 g/mol. The fourth-order valence-corrected chi connectivity index (χ4v) is 4.30. The number of nitrogens with one attached hydrogen (secondary N) is 1. The molecule has 1 aliphatic heterocycles. The molecule has 0 spiro atoms. The maximum Gasteiger partial charge on any atom is 0.418 e. The Kier molecular flexibility index (Phi) is 6.69. The van der Waals surface area contributed by atoms with Gasteiger partial charge in [-0.2, -0.15) is 13.2 Å². The van der Waals surface area contributed by atoms with Crippen LogP contribution in [-0.4, -0.2) is 41.5 Å². The molecule has 1 aliphatic rings. The highest BCUT2D eigenvalue weighted by Gasteiger charge is 2.38. The van der Waals surface area contributed by atoms with Gasteiger partial charge in [-0.05, 0) is 34.9 Å². The van der Waals surface area contributed by atoms with Crippen molar-refractivity contribution >= 4 is 27.9 Å². The Bertz CT molecular complexity index is 1230. The van der Waals surface area contributed by atoms with Gasteiger partial charge in [-0.25, -0.2) is 0 Å². The number of hydrogen-bond donors (Lipinski definition) is 2. The summed E-state index contributed by atoms with van der Waals surface area (Å²) in [4.78, 5) is 11.7. The molecule has 0 radical (unpaired) electrons. The molecule has 10 heteroatoms. The molecule has 1 saturated heterocycles. The lowest BCUT2D eigenvalue weighted by atomic mass is 10.0. The number of nitro groups is 1. The fourth-order valence-electron chi connectivity index (χ4n) is 4.30. The van der Waals surface area contributed by atoms with Crippen molar-refractivity contribution in [1.82, 2.24) is 5.32 Å². The lowest BCUT2D eigenvalue weighted by molar-refractivity contribution is -0.385. The quantitative estimate of drug-likeness (QED) is 0.213. The first kappa shape index (κ1) is 23.5. The van der Waals surface area contributed by atoms with E-state index < -0.39 is 22.4 Å². The van der Waals surface area contributed by atoms with Crippen LogP contribution in [0.3, 0.4) is 0 Å². The minimum atomic E-state index is -4.70. The number of hydrogen-bond acceptors (Lipinski definition) is 6. The molecule has 7 nitrogen and oxygen atoms in total. The molecule has 0 bridgehead atoms. The number of nitrogens with zero attached hydrogens (tertiary/aromatic N) is 3. The van der Waals surface area contributed by atoms with E-state index in [4.69, 9.17) is 0 Å².